The molecular formula is C22H21N3O5. The lowest BCUT2D eigenvalue weighted by molar-refractivity contribution is 0.174. The van der Waals surface area contributed by atoms with Crippen molar-refractivity contribution in [1.82, 2.24) is 14.5 Å². The van der Waals surface area contributed by atoms with Crippen molar-refractivity contribution in [3.8, 4) is 23.1 Å². The summed E-state index contributed by atoms with van der Waals surface area (Å²) in [7, 11) is 3.10. The normalized spacial score (nSPS) is 12.8. The molecule has 0 bridgehead atoms. The summed E-state index contributed by atoms with van der Waals surface area (Å²) in [5, 5.41) is 1.93. The van der Waals surface area contributed by atoms with Crippen LogP contribution >= 0.6 is 0 Å². The van der Waals surface area contributed by atoms with Crippen molar-refractivity contribution < 1.29 is 18.9 Å². The molecule has 8 heteroatoms. The van der Waals surface area contributed by atoms with E-state index in [1.165, 1.54) is 0 Å². The molecule has 0 amide bonds. The van der Waals surface area contributed by atoms with Crippen LogP contribution in [0.4, 0.5) is 0 Å². The highest BCUT2D eigenvalue weighted by Crippen LogP contribution is 2.38. The monoisotopic (exact) mass is 407 g/mol. The van der Waals surface area contributed by atoms with Crippen LogP contribution in [0.15, 0.2) is 29.2 Å². The first-order valence-electron chi connectivity index (χ1n) is 9.83. The Morgan fingerprint density at radius 1 is 1.10 bits per heavy atom. The van der Waals surface area contributed by atoms with Gasteiger partial charge >= 0.3 is 0 Å². The van der Waals surface area contributed by atoms with Gasteiger partial charge in [0, 0.05) is 35.6 Å². The SMILES string of the molecule is CCCCn1c(=O)c2c3cc4c(cc3ncc2c2nc(OC)c(OC)cc21)OCO4. The number of methoxy groups -OCH3 is 2. The van der Waals surface area contributed by atoms with E-state index in [-0.39, 0.29) is 12.4 Å². The van der Waals surface area contributed by atoms with Crippen LogP contribution in [-0.2, 0) is 6.54 Å². The molecular weight excluding hydrogens is 386 g/mol. The van der Waals surface area contributed by atoms with Crippen LogP contribution < -0.4 is 24.5 Å². The predicted octanol–water partition coefficient (Wildman–Crippen LogP) is 3.64. The molecule has 0 fully saturated rings. The molecule has 0 radical (unpaired) electrons. The quantitative estimate of drug-likeness (QED) is 0.467. The summed E-state index contributed by atoms with van der Waals surface area (Å²) in [4.78, 5) is 22.9. The molecule has 30 heavy (non-hydrogen) atoms. The minimum Gasteiger partial charge on any atom is -0.491 e. The number of benzene rings is 1. The van der Waals surface area contributed by atoms with E-state index in [0.29, 0.717) is 62.4 Å². The van der Waals surface area contributed by atoms with E-state index in [2.05, 4.69) is 16.9 Å². The first-order chi connectivity index (χ1) is 14.7. The summed E-state index contributed by atoms with van der Waals surface area (Å²) in [6, 6.07) is 5.44. The summed E-state index contributed by atoms with van der Waals surface area (Å²) in [6.45, 7) is 2.83. The number of aromatic nitrogens is 3. The number of hydrogen-bond acceptors (Lipinski definition) is 7. The second kappa shape index (κ2) is 7.05. The standard InChI is InChI=1S/C22H21N3O5/c1-4-5-6-25-15-9-18(27-2)21(28-3)24-20(15)13-10-23-14-8-17-16(29-11-30-17)7-12(14)19(13)22(25)26/h7-10H,4-6,11H2,1-3H3. The van der Waals surface area contributed by atoms with E-state index in [1.807, 2.05) is 12.1 Å². The highest BCUT2D eigenvalue weighted by atomic mass is 16.7. The van der Waals surface area contributed by atoms with Gasteiger partial charge in [0.1, 0.15) is 5.52 Å². The molecule has 5 rings (SSSR count). The molecule has 0 saturated carbocycles. The fourth-order valence-corrected chi connectivity index (χ4v) is 3.94. The third-order valence-electron chi connectivity index (χ3n) is 5.45. The van der Waals surface area contributed by atoms with Crippen LogP contribution in [0.1, 0.15) is 19.8 Å². The van der Waals surface area contributed by atoms with Gasteiger partial charge in [0.05, 0.1) is 30.6 Å². The molecule has 0 saturated heterocycles. The van der Waals surface area contributed by atoms with Crippen LogP contribution in [0.3, 0.4) is 0 Å². The van der Waals surface area contributed by atoms with Crippen LogP contribution in [0.5, 0.6) is 23.1 Å². The molecule has 0 N–H and O–H groups in total. The topological polar surface area (TPSA) is 84.7 Å². The minimum absolute atomic E-state index is 0.0914. The average molecular weight is 407 g/mol. The molecule has 3 aromatic heterocycles. The largest absolute Gasteiger partial charge is 0.491 e. The lowest BCUT2D eigenvalue weighted by Gasteiger charge is -2.16. The third kappa shape index (κ3) is 2.63. The molecule has 0 unspecified atom stereocenters. The lowest BCUT2D eigenvalue weighted by atomic mass is 10.1. The molecule has 4 heterocycles. The fourth-order valence-electron chi connectivity index (χ4n) is 3.94. The molecule has 0 aliphatic carbocycles. The van der Waals surface area contributed by atoms with Gasteiger partial charge in [0.25, 0.3) is 11.4 Å². The van der Waals surface area contributed by atoms with Crippen LogP contribution in [0, 0.1) is 0 Å². The van der Waals surface area contributed by atoms with E-state index in [4.69, 9.17) is 18.9 Å². The van der Waals surface area contributed by atoms with Gasteiger partial charge in [-0.3, -0.25) is 9.78 Å². The molecule has 8 nitrogen and oxygen atoms in total. The Bertz CT molecular complexity index is 1360. The Morgan fingerprint density at radius 3 is 2.63 bits per heavy atom. The molecule has 0 atom stereocenters. The summed E-state index contributed by atoms with van der Waals surface area (Å²) < 4.78 is 23.6. The van der Waals surface area contributed by atoms with Gasteiger partial charge in [-0.15, -0.1) is 0 Å². The Hall–Kier alpha value is -3.55. The molecule has 0 spiro atoms. The third-order valence-corrected chi connectivity index (χ3v) is 5.45. The average Bonchev–Trinajstić information content (AvgIpc) is 3.23. The lowest BCUT2D eigenvalue weighted by Crippen LogP contribution is -2.22. The van der Waals surface area contributed by atoms with Gasteiger partial charge < -0.3 is 23.5 Å². The zero-order valence-electron chi connectivity index (χ0n) is 17.0. The first-order valence-corrected chi connectivity index (χ1v) is 9.83. The van der Waals surface area contributed by atoms with E-state index < -0.39 is 0 Å². The van der Waals surface area contributed by atoms with Crippen LogP contribution in [0.2, 0.25) is 0 Å². The number of ether oxygens (including phenoxy) is 4. The van der Waals surface area contributed by atoms with Crippen molar-refractivity contribution in [2.45, 2.75) is 26.3 Å². The van der Waals surface area contributed by atoms with Gasteiger partial charge in [-0.1, -0.05) is 13.3 Å². The Kier molecular flexibility index (Phi) is 4.34. The molecule has 1 aliphatic rings. The first kappa shape index (κ1) is 18.5. The van der Waals surface area contributed by atoms with Crippen LogP contribution in [-0.4, -0.2) is 35.5 Å². The van der Waals surface area contributed by atoms with E-state index in [1.54, 1.807) is 31.0 Å². The smallest absolute Gasteiger partial charge is 0.259 e. The number of rotatable bonds is 5. The second-order valence-electron chi connectivity index (χ2n) is 7.15. The Labute approximate surface area is 172 Å². The molecule has 1 aromatic carbocycles. The van der Waals surface area contributed by atoms with E-state index in [0.717, 1.165) is 12.8 Å². The van der Waals surface area contributed by atoms with Crippen molar-refractivity contribution in [2.24, 2.45) is 0 Å². The Balaban J connectivity index is 1.95. The number of pyridine rings is 3. The zero-order valence-corrected chi connectivity index (χ0v) is 17.0. The van der Waals surface area contributed by atoms with Gasteiger partial charge in [-0.2, -0.15) is 0 Å². The number of unbranched alkanes of at least 4 members (excludes halogenated alkanes) is 1. The summed E-state index contributed by atoms with van der Waals surface area (Å²) in [5.41, 5.74) is 1.92. The summed E-state index contributed by atoms with van der Waals surface area (Å²) in [6.07, 6.45) is 3.51. The highest BCUT2D eigenvalue weighted by molar-refractivity contribution is 6.14. The van der Waals surface area contributed by atoms with E-state index >= 15 is 0 Å². The second-order valence-corrected chi connectivity index (χ2v) is 7.15. The zero-order chi connectivity index (χ0) is 20.8. The van der Waals surface area contributed by atoms with Gasteiger partial charge in [-0.05, 0) is 12.5 Å². The van der Waals surface area contributed by atoms with Gasteiger partial charge in [0.2, 0.25) is 6.79 Å². The predicted molar refractivity (Wildman–Crippen MR) is 113 cm³/mol. The summed E-state index contributed by atoms with van der Waals surface area (Å²) in [5.74, 6) is 2.08. The maximum Gasteiger partial charge on any atom is 0.259 e. The highest BCUT2D eigenvalue weighted by Gasteiger charge is 2.21. The van der Waals surface area contributed by atoms with Crippen molar-refractivity contribution in [3.63, 3.8) is 0 Å². The molecule has 1 aliphatic heterocycles. The maximum absolute atomic E-state index is 13.7. The maximum atomic E-state index is 13.7. The number of aryl methyl sites for hydroxylation is 1. The number of fused-ring (bicyclic) bond motifs is 6. The summed E-state index contributed by atoms with van der Waals surface area (Å²) >= 11 is 0. The minimum atomic E-state index is -0.0914. The fraction of sp³-hybridized carbons (Fsp3) is 0.318. The van der Waals surface area contributed by atoms with E-state index in [9.17, 15) is 4.79 Å². The number of nitrogens with zero attached hydrogens (tertiary/aromatic N) is 3. The van der Waals surface area contributed by atoms with Crippen molar-refractivity contribution in [3.05, 3.63) is 34.7 Å². The van der Waals surface area contributed by atoms with Gasteiger partial charge in [0.15, 0.2) is 17.2 Å². The van der Waals surface area contributed by atoms with Crippen molar-refractivity contribution in [1.29, 1.82) is 0 Å². The molecule has 154 valence electrons. The van der Waals surface area contributed by atoms with Crippen molar-refractivity contribution in [2.75, 3.05) is 21.0 Å². The number of hydrogen-bond donors (Lipinski definition) is 0. The van der Waals surface area contributed by atoms with Crippen LogP contribution in [0.25, 0.3) is 32.7 Å². The Morgan fingerprint density at radius 2 is 1.90 bits per heavy atom. The molecule has 4 aromatic rings. The van der Waals surface area contributed by atoms with Gasteiger partial charge in [-0.25, -0.2) is 4.98 Å². The van der Waals surface area contributed by atoms with Crippen molar-refractivity contribution >= 4 is 32.7 Å².